The van der Waals surface area contributed by atoms with Crippen LogP contribution in [0.3, 0.4) is 0 Å². The zero-order chi connectivity index (χ0) is 15.6. The molecule has 0 bridgehead atoms. The van der Waals surface area contributed by atoms with Crippen molar-refractivity contribution in [3.63, 3.8) is 0 Å². The van der Waals surface area contributed by atoms with Gasteiger partial charge in [-0.2, -0.15) is 0 Å². The highest BCUT2D eigenvalue weighted by atomic mass is 16.6. The van der Waals surface area contributed by atoms with E-state index in [9.17, 15) is 19.2 Å². The average Bonchev–Trinajstić information content (AvgIpc) is 2.37. The molecule has 0 unspecified atom stereocenters. The van der Waals surface area contributed by atoms with Crippen LogP contribution in [0.25, 0.3) is 0 Å². The highest BCUT2D eigenvalue weighted by Crippen LogP contribution is 2.17. The molecule has 0 aliphatic carbocycles. The van der Waals surface area contributed by atoms with Crippen LogP contribution in [0.2, 0.25) is 0 Å². The van der Waals surface area contributed by atoms with E-state index in [-0.39, 0.29) is 19.6 Å². The monoisotopic (exact) mass is 285 g/mol. The third-order valence-corrected chi connectivity index (χ3v) is 2.28. The lowest BCUT2D eigenvalue weighted by Gasteiger charge is -2.28. The first-order valence-corrected chi connectivity index (χ1v) is 6.18. The van der Waals surface area contributed by atoms with Gasteiger partial charge in [0.25, 0.3) is 0 Å². The van der Waals surface area contributed by atoms with E-state index in [4.69, 9.17) is 9.47 Å². The molecule has 7 nitrogen and oxygen atoms in total. The summed E-state index contributed by atoms with van der Waals surface area (Å²) in [4.78, 5) is 45.7. The Bertz CT molecular complexity index is 384. The zero-order valence-corrected chi connectivity index (χ0v) is 11.8. The Balaban J connectivity index is 5.53. The van der Waals surface area contributed by atoms with Gasteiger partial charge in [-0.3, -0.25) is 9.59 Å². The van der Waals surface area contributed by atoms with Crippen molar-refractivity contribution in [3.8, 4) is 0 Å². The Hall–Kier alpha value is -2.18. The lowest BCUT2D eigenvalue weighted by Crippen LogP contribution is -2.60. The molecule has 0 fully saturated rings. The minimum atomic E-state index is -1.97. The summed E-state index contributed by atoms with van der Waals surface area (Å²) in [5.74, 6) is -2.45. The summed E-state index contributed by atoms with van der Waals surface area (Å²) < 4.78 is 9.66. The molecule has 112 valence electrons. The van der Waals surface area contributed by atoms with E-state index in [0.717, 1.165) is 13.0 Å². The van der Waals surface area contributed by atoms with Gasteiger partial charge in [0.1, 0.15) is 6.29 Å². The third kappa shape index (κ3) is 4.83. The lowest BCUT2D eigenvalue weighted by molar-refractivity contribution is -0.167. The number of hydrogen-bond acceptors (Lipinski definition) is 6. The summed E-state index contributed by atoms with van der Waals surface area (Å²) in [6.45, 7) is 4.39. The fourth-order valence-electron chi connectivity index (χ4n) is 1.51. The predicted octanol–water partition coefficient (Wildman–Crippen LogP) is 0.133. The van der Waals surface area contributed by atoms with Crippen LogP contribution >= 0.6 is 0 Å². The van der Waals surface area contributed by atoms with Crippen molar-refractivity contribution in [1.82, 2.24) is 5.32 Å². The molecular weight excluding hydrogens is 266 g/mol. The maximum absolute atomic E-state index is 12.1. The molecule has 0 aliphatic heterocycles. The molecule has 0 aromatic carbocycles. The van der Waals surface area contributed by atoms with Crippen LogP contribution in [0.4, 0.5) is 0 Å². The van der Waals surface area contributed by atoms with Crippen LogP contribution in [0.15, 0.2) is 12.2 Å². The number of carbonyl (C=O) groups is 4. The zero-order valence-electron chi connectivity index (χ0n) is 11.8. The minimum Gasteiger partial charge on any atom is -0.464 e. The second-order valence-electron chi connectivity index (χ2n) is 3.80. The van der Waals surface area contributed by atoms with Gasteiger partial charge in [0.05, 0.1) is 13.2 Å². The maximum atomic E-state index is 12.1. The van der Waals surface area contributed by atoms with E-state index in [1.54, 1.807) is 13.8 Å². The molecule has 1 N–H and O–H groups in total. The molecule has 0 radical (unpaired) electrons. The Kier molecular flexibility index (Phi) is 7.88. The van der Waals surface area contributed by atoms with Crippen molar-refractivity contribution in [2.75, 3.05) is 13.2 Å². The van der Waals surface area contributed by atoms with Crippen molar-refractivity contribution >= 4 is 24.1 Å². The molecule has 7 heteroatoms. The third-order valence-electron chi connectivity index (χ3n) is 2.28. The molecule has 0 atom stereocenters. The molecule has 0 saturated heterocycles. The fourth-order valence-corrected chi connectivity index (χ4v) is 1.51. The van der Waals surface area contributed by atoms with Gasteiger partial charge in [0, 0.05) is 13.3 Å². The summed E-state index contributed by atoms with van der Waals surface area (Å²) in [6.07, 6.45) is 2.67. The van der Waals surface area contributed by atoms with E-state index in [0.29, 0.717) is 6.29 Å². The number of nitrogens with one attached hydrogen (secondary N) is 1. The number of esters is 2. The highest BCUT2D eigenvalue weighted by molar-refractivity contribution is 6.07. The van der Waals surface area contributed by atoms with Crippen LogP contribution in [0.5, 0.6) is 0 Å². The molecule has 20 heavy (non-hydrogen) atoms. The summed E-state index contributed by atoms with van der Waals surface area (Å²) in [5, 5.41) is 2.27. The van der Waals surface area contributed by atoms with E-state index in [1.165, 1.54) is 6.08 Å². The Morgan fingerprint density at radius 2 is 1.60 bits per heavy atom. The van der Waals surface area contributed by atoms with Crippen molar-refractivity contribution in [3.05, 3.63) is 12.2 Å². The first kappa shape index (κ1) is 17.8. The van der Waals surface area contributed by atoms with Gasteiger partial charge in [0.2, 0.25) is 11.4 Å². The molecule has 0 heterocycles. The van der Waals surface area contributed by atoms with Gasteiger partial charge < -0.3 is 14.8 Å². The number of ether oxygens (including phenoxy) is 2. The summed E-state index contributed by atoms with van der Waals surface area (Å²) in [5.41, 5.74) is -1.97. The normalized spacial score (nSPS) is 10.9. The number of aldehydes is 1. The number of amides is 1. The van der Waals surface area contributed by atoms with Crippen LogP contribution < -0.4 is 5.32 Å². The Labute approximate surface area is 117 Å². The van der Waals surface area contributed by atoms with Crippen molar-refractivity contribution in [2.45, 2.75) is 32.7 Å². The van der Waals surface area contributed by atoms with Gasteiger partial charge in [-0.05, 0) is 19.9 Å². The highest BCUT2D eigenvalue weighted by Gasteiger charge is 2.49. The molecular formula is C13H19NO6. The van der Waals surface area contributed by atoms with Crippen LogP contribution in [0.1, 0.15) is 27.2 Å². The first-order valence-electron chi connectivity index (χ1n) is 6.18. The number of rotatable bonds is 8. The molecule has 0 saturated carbocycles. The van der Waals surface area contributed by atoms with Crippen LogP contribution in [-0.2, 0) is 28.7 Å². The van der Waals surface area contributed by atoms with Crippen LogP contribution in [0, 0.1) is 0 Å². The van der Waals surface area contributed by atoms with E-state index in [2.05, 4.69) is 5.32 Å². The first-order chi connectivity index (χ1) is 9.44. The van der Waals surface area contributed by atoms with Crippen molar-refractivity contribution < 1.29 is 28.7 Å². The second-order valence-corrected chi connectivity index (χ2v) is 3.80. The fraction of sp³-hybridized carbons (Fsp3) is 0.538. The molecule has 1 amide bonds. The SMILES string of the molecule is CCOC(=O)C(C/C=C/C=O)(NC(C)=O)C(=O)OCC. The number of carbonyl (C=O) groups excluding carboxylic acids is 4. The maximum Gasteiger partial charge on any atom is 0.344 e. The van der Waals surface area contributed by atoms with Crippen molar-refractivity contribution in [1.29, 1.82) is 0 Å². The number of allylic oxidation sites excluding steroid dienone is 1. The van der Waals surface area contributed by atoms with Gasteiger partial charge in [-0.1, -0.05) is 6.08 Å². The molecule has 0 rings (SSSR count). The Morgan fingerprint density at radius 3 is 1.95 bits per heavy atom. The number of hydrogen-bond donors (Lipinski definition) is 1. The topological polar surface area (TPSA) is 98.8 Å². The standard InChI is InChI=1S/C13H19NO6/c1-4-19-11(17)13(14-10(3)16,8-6-7-9-15)12(18)20-5-2/h6-7,9H,4-5,8H2,1-3H3,(H,14,16)/b7-6+. The average molecular weight is 285 g/mol. The Morgan fingerprint density at radius 1 is 1.10 bits per heavy atom. The van der Waals surface area contributed by atoms with Gasteiger partial charge in [0.15, 0.2) is 0 Å². The molecule has 0 spiro atoms. The smallest absolute Gasteiger partial charge is 0.344 e. The minimum absolute atomic E-state index is 0.0387. The lowest BCUT2D eigenvalue weighted by atomic mass is 9.94. The molecule has 0 aliphatic rings. The quantitative estimate of drug-likeness (QED) is 0.294. The van der Waals surface area contributed by atoms with Crippen LogP contribution in [-0.4, -0.2) is 42.9 Å². The van der Waals surface area contributed by atoms with E-state index in [1.807, 2.05) is 0 Å². The van der Waals surface area contributed by atoms with Gasteiger partial charge in [-0.15, -0.1) is 0 Å². The molecule has 0 aromatic heterocycles. The van der Waals surface area contributed by atoms with Gasteiger partial charge >= 0.3 is 11.9 Å². The van der Waals surface area contributed by atoms with E-state index >= 15 is 0 Å². The largest absolute Gasteiger partial charge is 0.464 e. The van der Waals surface area contributed by atoms with Gasteiger partial charge in [-0.25, -0.2) is 9.59 Å². The second kappa shape index (κ2) is 8.84. The predicted molar refractivity (Wildman–Crippen MR) is 69.6 cm³/mol. The summed E-state index contributed by atoms with van der Waals surface area (Å²) in [7, 11) is 0. The van der Waals surface area contributed by atoms with Crippen molar-refractivity contribution in [2.24, 2.45) is 0 Å². The summed E-state index contributed by atoms with van der Waals surface area (Å²) >= 11 is 0. The summed E-state index contributed by atoms with van der Waals surface area (Å²) in [6, 6.07) is 0. The van der Waals surface area contributed by atoms with E-state index < -0.39 is 23.4 Å². The molecule has 0 aromatic rings.